The summed E-state index contributed by atoms with van der Waals surface area (Å²) in [7, 11) is 0. The highest BCUT2D eigenvalue weighted by Crippen LogP contribution is 2.21. The zero-order valence-corrected chi connectivity index (χ0v) is 11.8. The maximum absolute atomic E-state index is 11.7. The molecule has 1 heterocycles. The number of thiazole rings is 1. The van der Waals surface area contributed by atoms with Crippen LogP contribution in [-0.2, 0) is 0 Å². The number of alkyl halides is 1. The van der Waals surface area contributed by atoms with Crippen LogP contribution in [0.5, 0.6) is 0 Å². The second kappa shape index (κ2) is 4.72. The molecule has 0 saturated heterocycles. The molecule has 0 aliphatic rings. The minimum absolute atomic E-state index is 0.150. The van der Waals surface area contributed by atoms with Gasteiger partial charge in [-0.15, -0.1) is 11.3 Å². The lowest BCUT2D eigenvalue weighted by molar-refractivity contribution is 0.0916. The summed E-state index contributed by atoms with van der Waals surface area (Å²) in [6, 6.07) is 0. The second-order valence-corrected chi connectivity index (χ2v) is 6.18. The number of nitrogens with one attached hydrogen (secondary N) is 1. The van der Waals surface area contributed by atoms with Crippen LogP contribution in [0.25, 0.3) is 0 Å². The Morgan fingerprint density at radius 2 is 2.36 bits per heavy atom. The van der Waals surface area contributed by atoms with E-state index in [0.717, 1.165) is 3.79 Å². The fourth-order valence-corrected chi connectivity index (χ4v) is 1.96. The van der Waals surface area contributed by atoms with Crippen LogP contribution >= 0.6 is 43.2 Å². The van der Waals surface area contributed by atoms with Gasteiger partial charge in [0.25, 0.3) is 5.91 Å². The van der Waals surface area contributed by atoms with E-state index in [9.17, 15) is 4.79 Å². The second-order valence-electron chi connectivity index (χ2n) is 3.45. The minimum atomic E-state index is -0.264. The molecule has 1 N–H and O–H groups in total. The molecule has 0 bridgehead atoms. The van der Waals surface area contributed by atoms with Crippen molar-refractivity contribution in [3.63, 3.8) is 0 Å². The molecule has 1 aromatic heterocycles. The molecule has 1 aromatic rings. The summed E-state index contributed by atoms with van der Waals surface area (Å²) in [6.07, 6.45) is 0. The molecule has 0 unspecified atom stereocenters. The fourth-order valence-electron chi connectivity index (χ4n) is 0.780. The Kier molecular flexibility index (Phi) is 4.09. The standard InChI is InChI=1S/C8H10Br2N2OS/c1-8(2,3-9)12-7(13)5-6(10)14-4-11-5/h4H,3H2,1-2H3,(H,12,13). The molecule has 0 aliphatic heterocycles. The van der Waals surface area contributed by atoms with E-state index in [1.54, 1.807) is 5.51 Å². The SMILES string of the molecule is CC(C)(CBr)NC(=O)c1ncsc1Br. The van der Waals surface area contributed by atoms with E-state index >= 15 is 0 Å². The van der Waals surface area contributed by atoms with Gasteiger partial charge in [0, 0.05) is 10.9 Å². The lowest BCUT2D eigenvalue weighted by atomic mass is 10.1. The molecule has 0 fully saturated rings. The van der Waals surface area contributed by atoms with Crippen molar-refractivity contribution in [3.05, 3.63) is 15.0 Å². The molecule has 78 valence electrons. The van der Waals surface area contributed by atoms with E-state index in [-0.39, 0.29) is 11.4 Å². The predicted molar refractivity (Wildman–Crippen MR) is 65.2 cm³/mol. The highest BCUT2D eigenvalue weighted by atomic mass is 79.9. The summed E-state index contributed by atoms with van der Waals surface area (Å²) >= 11 is 8.02. The topological polar surface area (TPSA) is 42.0 Å². The van der Waals surface area contributed by atoms with Gasteiger partial charge in [0.1, 0.15) is 3.79 Å². The maximum Gasteiger partial charge on any atom is 0.272 e. The molecule has 3 nitrogen and oxygen atoms in total. The fraction of sp³-hybridized carbons (Fsp3) is 0.500. The van der Waals surface area contributed by atoms with Crippen molar-refractivity contribution in [1.82, 2.24) is 10.3 Å². The highest BCUT2D eigenvalue weighted by Gasteiger charge is 2.22. The summed E-state index contributed by atoms with van der Waals surface area (Å²) in [5.41, 5.74) is 1.82. The summed E-state index contributed by atoms with van der Waals surface area (Å²) in [6.45, 7) is 3.89. The molecule has 0 radical (unpaired) electrons. The molecule has 14 heavy (non-hydrogen) atoms. The Morgan fingerprint density at radius 3 is 2.79 bits per heavy atom. The van der Waals surface area contributed by atoms with E-state index < -0.39 is 0 Å². The number of hydrogen-bond donors (Lipinski definition) is 1. The van der Waals surface area contributed by atoms with Crippen molar-refractivity contribution in [3.8, 4) is 0 Å². The van der Waals surface area contributed by atoms with Crippen molar-refractivity contribution in [1.29, 1.82) is 0 Å². The van der Waals surface area contributed by atoms with Crippen LogP contribution in [-0.4, -0.2) is 21.8 Å². The van der Waals surface area contributed by atoms with Crippen LogP contribution in [0.4, 0.5) is 0 Å². The number of rotatable bonds is 3. The highest BCUT2D eigenvalue weighted by molar-refractivity contribution is 9.11. The van der Waals surface area contributed by atoms with Crippen molar-refractivity contribution >= 4 is 49.1 Å². The number of carbonyl (C=O) groups excluding carboxylic acids is 1. The lowest BCUT2D eigenvalue weighted by Gasteiger charge is -2.22. The van der Waals surface area contributed by atoms with Crippen molar-refractivity contribution < 1.29 is 4.79 Å². The monoisotopic (exact) mass is 340 g/mol. The Balaban J connectivity index is 2.73. The minimum Gasteiger partial charge on any atom is -0.345 e. The molecule has 0 aliphatic carbocycles. The Morgan fingerprint density at radius 1 is 1.71 bits per heavy atom. The summed E-state index contributed by atoms with van der Waals surface area (Å²) in [5, 5.41) is 3.58. The first-order valence-electron chi connectivity index (χ1n) is 3.94. The van der Waals surface area contributed by atoms with Crippen LogP contribution in [0.1, 0.15) is 24.3 Å². The van der Waals surface area contributed by atoms with E-state index in [0.29, 0.717) is 11.0 Å². The predicted octanol–water partition coefficient (Wildman–Crippen LogP) is 2.81. The van der Waals surface area contributed by atoms with Crippen LogP contribution in [0.2, 0.25) is 0 Å². The van der Waals surface area contributed by atoms with Gasteiger partial charge in [-0.1, -0.05) is 15.9 Å². The average molecular weight is 342 g/mol. The van der Waals surface area contributed by atoms with E-state index in [2.05, 4.69) is 42.2 Å². The van der Waals surface area contributed by atoms with E-state index in [1.807, 2.05) is 13.8 Å². The zero-order chi connectivity index (χ0) is 10.8. The Labute approximate surface area is 104 Å². The summed E-state index contributed by atoms with van der Waals surface area (Å²) in [5.74, 6) is -0.150. The van der Waals surface area contributed by atoms with Gasteiger partial charge in [-0.25, -0.2) is 4.98 Å². The maximum atomic E-state index is 11.7. The van der Waals surface area contributed by atoms with Crippen LogP contribution in [0, 0.1) is 0 Å². The average Bonchev–Trinajstić information content (AvgIpc) is 2.51. The Hall–Kier alpha value is 0.0600. The third kappa shape index (κ3) is 3.03. The van der Waals surface area contributed by atoms with Crippen molar-refractivity contribution in [2.75, 3.05) is 5.33 Å². The van der Waals surface area contributed by atoms with Gasteiger partial charge in [-0.3, -0.25) is 4.79 Å². The number of aromatic nitrogens is 1. The van der Waals surface area contributed by atoms with Gasteiger partial charge in [0.2, 0.25) is 0 Å². The van der Waals surface area contributed by atoms with E-state index in [4.69, 9.17) is 0 Å². The van der Waals surface area contributed by atoms with Gasteiger partial charge in [-0.2, -0.15) is 0 Å². The molecular weight excluding hydrogens is 332 g/mol. The summed E-state index contributed by atoms with van der Waals surface area (Å²) < 4.78 is 0.764. The smallest absolute Gasteiger partial charge is 0.272 e. The van der Waals surface area contributed by atoms with Gasteiger partial charge < -0.3 is 5.32 Å². The molecule has 1 rings (SSSR count). The molecule has 0 saturated carbocycles. The largest absolute Gasteiger partial charge is 0.345 e. The number of nitrogens with zero attached hydrogens (tertiary/aromatic N) is 1. The number of carbonyl (C=O) groups is 1. The third-order valence-corrected chi connectivity index (χ3v) is 4.47. The lowest BCUT2D eigenvalue weighted by Crippen LogP contribution is -2.44. The van der Waals surface area contributed by atoms with Crippen molar-refractivity contribution in [2.45, 2.75) is 19.4 Å². The molecule has 0 spiro atoms. The third-order valence-electron chi connectivity index (χ3n) is 1.53. The van der Waals surface area contributed by atoms with Crippen LogP contribution in [0.3, 0.4) is 0 Å². The van der Waals surface area contributed by atoms with Gasteiger partial charge in [-0.05, 0) is 29.8 Å². The van der Waals surface area contributed by atoms with Crippen LogP contribution in [0.15, 0.2) is 9.30 Å². The first kappa shape index (κ1) is 12.1. The molecule has 1 amide bonds. The number of hydrogen-bond acceptors (Lipinski definition) is 3. The first-order chi connectivity index (χ1) is 6.46. The van der Waals surface area contributed by atoms with Crippen molar-refractivity contribution in [2.24, 2.45) is 0 Å². The van der Waals surface area contributed by atoms with Gasteiger partial charge in [0.15, 0.2) is 5.69 Å². The Bertz CT molecular complexity index is 338. The zero-order valence-electron chi connectivity index (χ0n) is 7.80. The molecule has 0 aromatic carbocycles. The van der Waals surface area contributed by atoms with E-state index in [1.165, 1.54) is 11.3 Å². The normalized spacial score (nSPS) is 11.4. The van der Waals surface area contributed by atoms with Gasteiger partial charge >= 0.3 is 0 Å². The molecular formula is C8H10Br2N2OS. The number of halogens is 2. The number of amides is 1. The first-order valence-corrected chi connectivity index (χ1v) is 6.73. The van der Waals surface area contributed by atoms with Crippen LogP contribution < -0.4 is 5.32 Å². The van der Waals surface area contributed by atoms with Gasteiger partial charge in [0.05, 0.1) is 5.51 Å². The molecule has 0 atom stereocenters. The molecule has 6 heteroatoms. The summed E-state index contributed by atoms with van der Waals surface area (Å²) in [4.78, 5) is 15.7. The quantitative estimate of drug-likeness (QED) is 0.859.